The zero-order valence-electron chi connectivity index (χ0n) is 13.0. The van der Waals surface area contributed by atoms with Gasteiger partial charge in [-0.1, -0.05) is 6.07 Å². The summed E-state index contributed by atoms with van der Waals surface area (Å²) in [4.78, 5) is 14.5. The second kappa shape index (κ2) is 9.20. The van der Waals surface area contributed by atoms with E-state index in [-0.39, 0.29) is 36.3 Å². The first-order valence-electron chi connectivity index (χ1n) is 6.95. The topological polar surface area (TPSA) is 67.6 Å². The minimum absolute atomic E-state index is 0. The van der Waals surface area contributed by atoms with Gasteiger partial charge in [0.15, 0.2) is 0 Å². The van der Waals surface area contributed by atoms with Crippen molar-refractivity contribution in [2.45, 2.75) is 19.4 Å². The Hall–Kier alpha value is -1.01. The molecule has 0 aromatic heterocycles. The number of nitrogens with two attached hydrogens (primary N) is 1. The number of benzene rings is 1. The van der Waals surface area contributed by atoms with Gasteiger partial charge in [-0.2, -0.15) is 0 Å². The zero-order valence-corrected chi connectivity index (χ0v) is 14.6. The number of morpholine rings is 1. The lowest BCUT2D eigenvalue weighted by Crippen LogP contribution is -2.55. The third-order valence-electron chi connectivity index (χ3n) is 3.70. The molecule has 0 spiro atoms. The first-order valence-corrected chi connectivity index (χ1v) is 6.95. The predicted molar refractivity (Wildman–Crippen MR) is 94.2 cm³/mol. The summed E-state index contributed by atoms with van der Waals surface area (Å²) in [5, 5.41) is 2.99. The van der Waals surface area contributed by atoms with Crippen LogP contribution in [0.15, 0.2) is 24.3 Å². The average molecular weight is 350 g/mol. The SMILES string of the molecule is CC(C)(CNC(=O)c1cccc(N)c1)N1CCOCC1.Cl.Cl. The van der Waals surface area contributed by atoms with Crippen LogP contribution in [0.4, 0.5) is 5.69 Å². The molecule has 7 heteroatoms. The minimum Gasteiger partial charge on any atom is -0.399 e. The van der Waals surface area contributed by atoms with Gasteiger partial charge < -0.3 is 15.8 Å². The number of anilines is 1. The molecule has 126 valence electrons. The second-order valence-electron chi connectivity index (χ2n) is 5.72. The molecule has 0 radical (unpaired) electrons. The van der Waals surface area contributed by atoms with Crippen LogP contribution in [0.25, 0.3) is 0 Å². The van der Waals surface area contributed by atoms with Gasteiger partial charge in [-0.3, -0.25) is 9.69 Å². The summed E-state index contributed by atoms with van der Waals surface area (Å²) in [7, 11) is 0. The third kappa shape index (κ3) is 5.65. The normalized spacial score (nSPS) is 15.4. The highest BCUT2D eigenvalue weighted by Gasteiger charge is 2.28. The fourth-order valence-electron chi connectivity index (χ4n) is 2.36. The predicted octanol–water partition coefficient (Wildman–Crippen LogP) is 1.95. The summed E-state index contributed by atoms with van der Waals surface area (Å²) in [6, 6.07) is 7.02. The summed E-state index contributed by atoms with van der Waals surface area (Å²) in [5.74, 6) is -0.0846. The van der Waals surface area contributed by atoms with Gasteiger partial charge in [0.05, 0.1) is 13.2 Å². The van der Waals surface area contributed by atoms with Crippen molar-refractivity contribution in [3.8, 4) is 0 Å². The van der Waals surface area contributed by atoms with Crippen molar-refractivity contribution in [3.63, 3.8) is 0 Å². The number of rotatable bonds is 4. The van der Waals surface area contributed by atoms with Crippen molar-refractivity contribution in [2.75, 3.05) is 38.6 Å². The molecule has 0 saturated carbocycles. The average Bonchev–Trinajstić information content (AvgIpc) is 2.46. The molecule has 1 fully saturated rings. The van der Waals surface area contributed by atoms with E-state index in [1.807, 2.05) is 0 Å². The molecular weight excluding hydrogens is 325 g/mol. The van der Waals surface area contributed by atoms with Crippen molar-refractivity contribution in [2.24, 2.45) is 0 Å². The van der Waals surface area contributed by atoms with Crippen molar-refractivity contribution in [3.05, 3.63) is 29.8 Å². The molecule has 2 rings (SSSR count). The summed E-state index contributed by atoms with van der Waals surface area (Å²) in [6.07, 6.45) is 0. The summed E-state index contributed by atoms with van der Waals surface area (Å²) in [5.41, 5.74) is 6.81. The van der Waals surface area contributed by atoms with Gasteiger partial charge in [0, 0.05) is 36.4 Å². The van der Waals surface area contributed by atoms with E-state index in [0.29, 0.717) is 17.8 Å². The monoisotopic (exact) mass is 349 g/mol. The van der Waals surface area contributed by atoms with Crippen LogP contribution in [0, 0.1) is 0 Å². The van der Waals surface area contributed by atoms with Crippen molar-refractivity contribution < 1.29 is 9.53 Å². The Kier molecular flexibility index (Phi) is 8.78. The Bertz CT molecular complexity index is 478. The Morgan fingerprint density at radius 3 is 2.55 bits per heavy atom. The Morgan fingerprint density at radius 2 is 1.95 bits per heavy atom. The van der Waals surface area contributed by atoms with Gasteiger partial charge in [-0.15, -0.1) is 24.8 Å². The van der Waals surface area contributed by atoms with Crippen LogP contribution in [-0.2, 0) is 4.74 Å². The summed E-state index contributed by atoms with van der Waals surface area (Å²) >= 11 is 0. The van der Waals surface area contributed by atoms with Crippen LogP contribution in [0.5, 0.6) is 0 Å². The lowest BCUT2D eigenvalue weighted by Gasteiger charge is -2.40. The lowest BCUT2D eigenvalue weighted by molar-refractivity contribution is -0.00923. The molecule has 1 amide bonds. The molecule has 1 heterocycles. The highest BCUT2D eigenvalue weighted by atomic mass is 35.5. The van der Waals surface area contributed by atoms with Crippen LogP contribution in [-0.4, -0.2) is 49.2 Å². The maximum atomic E-state index is 12.1. The fourth-order valence-corrected chi connectivity index (χ4v) is 2.36. The molecule has 1 aliphatic heterocycles. The first-order chi connectivity index (χ1) is 9.49. The molecule has 5 nitrogen and oxygen atoms in total. The van der Waals surface area contributed by atoms with Crippen LogP contribution < -0.4 is 11.1 Å². The number of hydrogen-bond acceptors (Lipinski definition) is 4. The highest BCUT2D eigenvalue weighted by molar-refractivity contribution is 5.95. The van der Waals surface area contributed by atoms with Crippen LogP contribution in [0.3, 0.4) is 0 Å². The van der Waals surface area contributed by atoms with E-state index in [0.717, 1.165) is 26.3 Å². The second-order valence-corrected chi connectivity index (χ2v) is 5.72. The van der Waals surface area contributed by atoms with Crippen molar-refractivity contribution >= 4 is 36.4 Å². The summed E-state index contributed by atoms with van der Waals surface area (Å²) in [6.45, 7) is 8.19. The Labute approximate surface area is 144 Å². The number of carbonyl (C=O) groups is 1. The summed E-state index contributed by atoms with van der Waals surface area (Å²) < 4.78 is 5.36. The molecule has 0 bridgehead atoms. The van der Waals surface area contributed by atoms with E-state index >= 15 is 0 Å². The smallest absolute Gasteiger partial charge is 0.251 e. The number of ether oxygens (including phenoxy) is 1. The number of nitrogens with zero attached hydrogens (tertiary/aromatic N) is 1. The zero-order chi connectivity index (χ0) is 14.6. The number of carbonyl (C=O) groups excluding carboxylic acids is 1. The molecule has 0 aliphatic carbocycles. The largest absolute Gasteiger partial charge is 0.399 e. The van der Waals surface area contributed by atoms with E-state index < -0.39 is 0 Å². The highest BCUT2D eigenvalue weighted by Crippen LogP contribution is 2.15. The number of nitrogen functional groups attached to an aromatic ring is 1. The van der Waals surface area contributed by atoms with Crippen LogP contribution in [0.2, 0.25) is 0 Å². The number of hydrogen-bond donors (Lipinski definition) is 2. The third-order valence-corrected chi connectivity index (χ3v) is 3.70. The van der Waals surface area contributed by atoms with Gasteiger partial charge >= 0.3 is 0 Å². The lowest BCUT2D eigenvalue weighted by atomic mass is 10.0. The van der Waals surface area contributed by atoms with E-state index in [1.54, 1.807) is 24.3 Å². The number of nitrogens with one attached hydrogen (secondary N) is 1. The maximum Gasteiger partial charge on any atom is 0.251 e. The molecule has 0 unspecified atom stereocenters. The number of amides is 1. The Balaban J connectivity index is 0.00000220. The van der Waals surface area contributed by atoms with Gasteiger partial charge in [0.2, 0.25) is 0 Å². The standard InChI is InChI=1S/C15H23N3O2.2ClH/c1-15(2,18-6-8-20-9-7-18)11-17-14(19)12-4-3-5-13(16)10-12;;/h3-5,10H,6-9,11,16H2,1-2H3,(H,17,19);2*1H. The van der Waals surface area contributed by atoms with Crippen molar-refractivity contribution in [1.29, 1.82) is 0 Å². The van der Waals surface area contributed by atoms with Gasteiger partial charge in [0.25, 0.3) is 5.91 Å². The minimum atomic E-state index is -0.0846. The molecule has 1 aromatic rings. The molecule has 1 saturated heterocycles. The van der Waals surface area contributed by atoms with E-state index in [1.165, 1.54) is 0 Å². The number of halogens is 2. The van der Waals surface area contributed by atoms with Gasteiger partial charge in [0.1, 0.15) is 0 Å². The fraction of sp³-hybridized carbons (Fsp3) is 0.533. The van der Waals surface area contributed by atoms with E-state index in [9.17, 15) is 4.79 Å². The Morgan fingerprint density at radius 1 is 1.32 bits per heavy atom. The molecular formula is C15H25Cl2N3O2. The molecule has 3 N–H and O–H groups in total. The van der Waals surface area contributed by atoms with Gasteiger partial charge in [-0.05, 0) is 32.0 Å². The van der Waals surface area contributed by atoms with Crippen molar-refractivity contribution in [1.82, 2.24) is 10.2 Å². The molecule has 1 aromatic carbocycles. The molecule has 1 aliphatic rings. The van der Waals surface area contributed by atoms with Gasteiger partial charge in [-0.25, -0.2) is 0 Å². The maximum absolute atomic E-state index is 12.1. The van der Waals surface area contributed by atoms with E-state index in [4.69, 9.17) is 10.5 Å². The van der Waals surface area contributed by atoms with Crippen LogP contribution in [0.1, 0.15) is 24.2 Å². The van der Waals surface area contributed by atoms with E-state index in [2.05, 4.69) is 24.1 Å². The van der Waals surface area contributed by atoms with Crippen LogP contribution >= 0.6 is 24.8 Å². The quantitative estimate of drug-likeness (QED) is 0.815. The molecule has 22 heavy (non-hydrogen) atoms. The molecule has 0 atom stereocenters. The first kappa shape index (κ1) is 21.0.